The predicted molar refractivity (Wildman–Crippen MR) is 85.9 cm³/mol. The Balaban J connectivity index is 1.99. The maximum Gasteiger partial charge on any atom is 0.246 e. The van der Waals surface area contributed by atoms with Crippen LogP contribution in [0.3, 0.4) is 0 Å². The van der Waals surface area contributed by atoms with Crippen molar-refractivity contribution in [3.63, 3.8) is 0 Å². The van der Waals surface area contributed by atoms with Crippen LogP contribution in [0.25, 0.3) is 0 Å². The summed E-state index contributed by atoms with van der Waals surface area (Å²) in [7, 11) is 0. The number of carbonyl (C=O) groups is 1. The molecule has 0 spiro atoms. The number of amides is 1. The quantitative estimate of drug-likeness (QED) is 0.832. The number of hydrogen-bond acceptors (Lipinski definition) is 2. The minimum absolute atomic E-state index is 0.121. The highest BCUT2D eigenvalue weighted by molar-refractivity contribution is 6.32. The molecule has 0 heterocycles. The van der Waals surface area contributed by atoms with Gasteiger partial charge in [0.1, 0.15) is 11.1 Å². The molecule has 0 aliphatic heterocycles. The Morgan fingerprint density at radius 3 is 2.24 bits per heavy atom. The average molecular weight is 304 g/mol. The van der Waals surface area contributed by atoms with Crippen LogP contribution in [0.1, 0.15) is 24.8 Å². The molecule has 2 rings (SSSR count). The van der Waals surface area contributed by atoms with E-state index in [9.17, 15) is 4.79 Å². The molecule has 2 aromatic rings. The lowest BCUT2D eigenvalue weighted by atomic mass is 10.1. The first-order valence-electron chi connectivity index (χ1n) is 6.83. The van der Waals surface area contributed by atoms with E-state index in [1.165, 1.54) is 0 Å². The van der Waals surface area contributed by atoms with Gasteiger partial charge in [-0.15, -0.1) is 11.6 Å². The number of hydrogen-bond donors (Lipinski definition) is 1. The van der Waals surface area contributed by atoms with Gasteiger partial charge >= 0.3 is 0 Å². The van der Waals surface area contributed by atoms with E-state index in [-0.39, 0.29) is 12.0 Å². The van der Waals surface area contributed by atoms with Crippen LogP contribution >= 0.6 is 11.6 Å². The fourth-order valence-corrected chi connectivity index (χ4v) is 2.07. The van der Waals surface area contributed by atoms with Crippen molar-refractivity contribution in [2.45, 2.75) is 25.3 Å². The van der Waals surface area contributed by atoms with Crippen molar-refractivity contribution in [3.8, 4) is 5.75 Å². The summed E-state index contributed by atoms with van der Waals surface area (Å²) in [4.78, 5) is 12.1. The monoisotopic (exact) mass is 303 g/mol. The van der Waals surface area contributed by atoms with Crippen LogP contribution in [0.15, 0.2) is 54.6 Å². The summed E-state index contributed by atoms with van der Waals surface area (Å²) in [6.45, 7) is 3.93. The number of nitrogens with one attached hydrogen (secondary N) is 1. The molecule has 1 unspecified atom stereocenters. The molecular formula is C17H18ClNO2. The molecule has 0 aliphatic carbocycles. The third kappa shape index (κ3) is 4.50. The fraction of sp³-hybridized carbons (Fsp3) is 0.235. The van der Waals surface area contributed by atoms with Crippen LogP contribution in [-0.4, -0.2) is 12.0 Å². The van der Waals surface area contributed by atoms with Crippen molar-refractivity contribution in [1.29, 1.82) is 0 Å². The van der Waals surface area contributed by atoms with Crippen LogP contribution in [-0.2, 0) is 4.79 Å². The van der Waals surface area contributed by atoms with Gasteiger partial charge in [-0.25, -0.2) is 0 Å². The first-order valence-corrected chi connectivity index (χ1v) is 7.26. The van der Waals surface area contributed by atoms with Gasteiger partial charge < -0.3 is 10.1 Å². The predicted octanol–water partition coefficient (Wildman–Crippen LogP) is 4.39. The lowest BCUT2D eigenvalue weighted by Gasteiger charge is -2.12. The van der Waals surface area contributed by atoms with Gasteiger partial charge in [-0.05, 0) is 43.7 Å². The molecule has 0 radical (unpaired) electrons. The highest BCUT2D eigenvalue weighted by Gasteiger charge is 2.17. The molecule has 0 aromatic heterocycles. The zero-order chi connectivity index (χ0) is 15.2. The molecule has 3 nitrogen and oxygen atoms in total. The van der Waals surface area contributed by atoms with Crippen LogP contribution in [0.2, 0.25) is 0 Å². The Bertz CT molecular complexity index is 581. The van der Waals surface area contributed by atoms with E-state index in [1.54, 1.807) is 12.1 Å². The molecule has 0 bridgehead atoms. The molecule has 1 amide bonds. The molecule has 0 saturated heterocycles. The summed E-state index contributed by atoms with van der Waals surface area (Å²) in [5.74, 6) is 0.522. The van der Waals surface area contributed by atoms with Gasteiger partial charge in [-0.2, -0.15) is 0 Å². The number of rotatable bonds is 5. The van der Waals surface area contributed by atoms with Crippen molar-refractivity contribution >= 4 is 23.2 Å². The molecule has 1 N–H and O–H groups in total. The smallest absolute Gasteiger partial charge is 0.246 e. The maximum absolute atomic E-state index is 12.1. The zero-order valence-corrected chi connectivity index (χ0v) is 12.8. The molecular weight excluding hydrogens is 286 g/mol. The molecule has 0 saturated carbocycles. The first-order chi connectivity index (χ1) is 10.1. The Morgan fingerprint density at radius 1 is 1.05 bits per heavy atom. The summed E-state index contributed by atoms with van der Waals surface area (Å²) in [5.41, 5.74) is 1.47. The Morgan fingerprint density at radius 2 is 1.67 bits per heavy atom. The van der Waals surface area contributed by atoms with E-state index in [0.717, 1.165) is 11.3 Å². The maximum atomic E-state index is 12.1. The Labute approximate surface area is 129 Å². The van der Waals surface area contributed by atoms with Crippen LogP contribution in [0.5, 0.6) is 5.75 Å². The van der Waals surface area contributed by atoms with E-state index in [4.69, 9.17) is 16.3 Å². The highest BCUT2D eigenvalue weighted by Crippen LogP contribution is 2.23. The second-order valence-corrected chi connectivity index (χ2v) is 5.39. The average Bonchev–Trinajstić information content (AvgIpc) is 2.49. The molecule has 0 aliphatic rings. The number of anilines is 1. The second-order valence-electron chi connectivity index (χ2n) is 4.95. The number of carbonyl (C=O) groups excluding carboxylic acids is 1. The van der Waals surface area contributed by atoms with Gasteiger partial charge in [0.2, 0.25) is 5.91 Å². The molecule has 1 atom stereocenters. The highest BCUT2D eigenvalue weighted by atomic mass is 35.5. The lowest BCUT2D eigenvalue weighted by molar-refractivity contribution is -0.116. The van der Waals surface area contributed by atoms with E-state index >= 15 is 0 Å². The van der Waals surface area contributed by atoms with E-state index in [2.05, 4.69) is 5.32 Å². The van der Waals surface area contributed by atoms with E-state index in [0.29, 0.717) is 5.69 Å². The molecule has 4 heteroatoms. The second kappa shape index (κ2) is 7.14. The number of halogens is 1. The summed E-state index contributed by atoms with van der Waals surface area (Å²) in [6, 6.07) is 16.5. The van der Waals surface area contributed by atoms with Crippen molar-refractivity contribution in [2.24, 2.45) is 0 Å². The van der Waals surface area contributed by atoms with Gasteiger partial charge in [-0.1, -0.05) is 30.3 Å². The van der Waals surface area contributed by atoms with Crippen molar-refractivity contribution < 1.29 is 9.53 Å². The third-order valence-electron chi connectivity index (χ3n) is 2.82. The molecule has 110 valence electrons. The number of benzene rings is 2. The Hall–Kier alpha value is -2.00. The SMILES string of the molecule is CC(C)Oc1ccc(NC(=O)C(Cl)c2ccccc2)cc1. The molecule has 0 fully saturated rings. The van der Waals surface area contributed by atoms with Crippen molar-refractivity contribution in [2.75, 3.05) is 5.32 Å². The summed E-state index contributed by atoms with van der Waals surface area (Å²) < 4.78 is 5.55. The van der Waals surface area contributed by atoms with Gasteiger partial charge in [0.05, 0.1) is 6.10 Å². The minimum Gasteiger partial charge on any atom is -0.491 e. The normalized spacial score (nSPS) is 12.0. The molecule has 2 aromatic carbocycles. The fourth-order valence-electron chi connectivity index (χ4n) is 1.87. The van der Waals surface area contributed by atoms with Crippen LogP contribution in [0, 0.1) is 0 Å². The standard InChI is InChI=1S/C17H18ClNO2/c1-12(2)21-15-10-8-14(9-11-15)19-17(20)16(18)13-6-4-3-5-7-13/h3-12,16H,1-2H3,(H,19,20). The van der Waals surface area contributed by atoms with E-state index in [1.807, 2.05) is 56.3 Å². The van der Waals surface area contributed by atoms with Gasteiger partial charge in [0.25, 0.3) is 0 Å². The molecule has 21 heavy (non-hydrogen) atoms. The van der Waals surface area contributed by atoms with Crippen LogP contribution < -0.4 is 10.1 Å². The van der Waals surface area contributed by atoms with Crippen molar-refractivity contribution in [1.82, 2.24) is 0 Å². The van der Waals surface area contributed by atoms with E-state index < -0.39 is 5.38 Å². The van der Waals surface area contributed by atoms with Gasteiger partial charge in [-0.3, -0.25) is 4.79 Å². The summed E-state index contributed by atoms with van der Waals surface area (Å²) in [5, 5.41) is 2.08. The topological polar surface area (TPSA) is 38.3 Å². The van der Waals surface area contributed by atoms with Crippen LogP contribution in [0.4, 0.5) is 5.69 Å². The van der Waals surface area contributed by atoms with Gasteiger partial charge in [0, 0.05) is 5.69 Å². The van der Waals surface area contributed by atoms with Gasteiger partial charge in [0.15, 0.2) is 0 Å². The first kappa shape index (κ1) is 15.4. The Kier molecular flexibility index (Phi) is 5.23. The summed E-state index contributed by atoms with van der Waals surface area (Å²) in [6.07, 6.45) is 0.121. The lowest BCUT2D eigenvalue weighted by Crippen LogP contribution is -2.17. The minimum atomic E-state index is -0.710. The summed E-state index contributed by atoms with van der Waals surface area (Å²) >= 11 is 6.17. The zero-order valence-electron chi connectivity index (χ0n) is 12.0. The third-order valence-corrected chi connectivity index (χ3v) is 3.27. The van der Waals surface area contributed by atoms with Crippen molar-refractivity contribution in [3.05, 3.63) is 60.2 Å². The number of ether oxygens (including phenoxy) is 1. The largest absolute Gasteiger partial charge is 0.491 e. The number of alkyl halides is 1.